The van der Waals surface area contributed by atoms with Crippen LogP contribution < -0.4 is 10.9 Å². The van der Waals surface area contributed by atoms with Gasteiger partial charge in [-0.25, -0.2) is 9.07 Å². The number of rotatable bonds is 6. The molecule has 8 nitrogen and oxygen atoms in total. The van der Waals surface area contributed by atoms with E-state index >= 15 is 0 Å². The summed E-state index contributed by atoms with van der Waals surface area (Å²) in [5.74, 6) is -0.781. The molecular weight excluding hydrogens is 379 g/mol. The Bertz CT molecular complexity index is 1130. The van der Waals surface area contributed by atoms with Crippen LogP contribution in [0.4, 0.5) is 10.1 Å². The lowest BCUT2D eigenvalue weighted by molar-refractivity contribution is -0.385. The molecule has 0 saturated heterocycles. The number of nitrogens with one attached hydrogen (secondary N) is 1. The third-order valence-electron chi connectivity index (χ3n) is 4.27. The van der Waals surface area contributed by atoms with Crippen LogP contribution in [-0.4, -0.2) is 27.2 Å². The summed E-state index contributed by atoms with van der Waals surface area (Å²) < 4.78 is 14.3. The number of hydrogen-bond donors (Lipinski definition) is 1. The normalized spacial score (nSPS) is 10.6. The minimum absolute atomic E-state index is 0.0603. The number of carbonyl (C=O) groups excluding carboxylic acids is 1. The van der Waals surface area contributed by atoms with Crippen molar-refractivity contribution in [1.29, 1.82) is 0 Å². The Morgan fingerprint density at radius 1 is 1.17 bits per heavy atom. The molecule has 0 bridgehead atoms. The summed E-state index contributed by atoms with van der Waals surface area (Å²) >= 11 is 0. The maximum atomic E-state index is 13.1. The maximum absolute atomic E-state index is 13.1. The van der Waals surface area contributed by atoms with Crippen molar-refractivity contribution in [3.05, 3.63) is 92.0 Å². The van der Waals surface area contributed by atoms with Crippen LogP contribution >= 0.6 is 0 Å². The van der Waals surface area contributed by atoms with Crippen molar-refractivity contribution < 1.29 is 14.1 Å². The van der Waals surface area contributed by atoms with Crippen LogP contribution in [0.2, 0.25) is 0 Å². The summed E-state index contributed by atoms with van der Waals surface area (Å²) in [7, 11) is 0. The molecule has 0 atom stereocenters. The molecule has 1 amide bonds. The van der Waals surface area contributed by atoms with Gasteiger partial charge >= 0.3 is 0 Å². The third-order valence-corrected chi connectivity index (χ3v) is 4.27. The molecule has 0 unspecified atom stereocenters. The van der Waals surface area contributed by atoms with E-state index in [1.807, 2.05) is 0 Å². The molecule has 0 aliphatic carbocycles. The first kappa shape index (κ1) is 19.9. The Morgan fingerprint density at radius 2 is 1.90 bits per heavy atom. The van der Waals surface area contributed by atoms with Gasteiger partial charge in [0.1, 0.15) is 5.82 Å². The fourth-order valence-electron chi connectivity index (χ4n) is 2.76. The first-order valence-electron chi connectivity index (χ1n) is 8.72. The van der Waals surface area contributed by atoms with Crippen molar-refractivity contribution in [3.63, 3.8) is 0 Å². The van der Waals surface area contributed by atoms with Crippen molar-refractivity contribution in [2.75, 3.05) is 6.54 Å². The number of aromatic nitrogens is 2. The number of halogens is 1. The maximum Gasteiger partial charge on any atom is 0.272 e. The second-order valence-corrected chi connectivity index (χ2v) is 6.30. The van der Waals surface area contributed by atoms with E-state index in [1.165, 1.54) is 41.1 Å². The number of benzene rings is 2. The first-order chi connectivity index (χ1) is 13.8. The molecule has 29 heavy (non-hydrogen) atoms. The summed E-state index contributed by atoms with van der Waals surface area (Å²) in [6.45, 7) is 1.82. The largest absolute Gasteiger partial charge is 0.350 e. The molecule has 0 fully saturated rings. The minimum Gasteiger partial charge on any atom is -0.350 e. The molecule has 1 heterocycles. The highest BCUT2D eigenvalue weighted by molar-refractivity contribution is 5.94. The van der Waals surface area contributed by atoms with Gasteiger partial charge in [0, 0.05) is 35.4 Å². The monoisotopic (exact) mass is 396 g/mol. The first-order valence-corrected chi connectivity index (χ1v) is 8.72. The van der Waals surface area contributed by atoms with Gasteiger partial charge in [-0.15, -0.1) is 0 Å². The molecular formula is C20H17FN4O4. The van der Waals surface area contributed by atoms with Crippen LogP contribution in [-0.2, 0) is 6.54 Å². The second kappa shape index (κ2) is 8.42. The number of nitro groups is 1. The van der Waals surface area contributed by atoms with Crippen LogP contribution in [0.5, 0.6) is 0 Å². The van der Waals surface area contributed by atoms with Gasteiger partial charge in [0.2, 0.25) is 0 Å². The molecule has 0 saturated carbocycles. The van der Waals surface area contributed by atoms with Crippen LogP contribution in [0.25, 0.3) is 11.3 Å². The van der Waals surface area contributed by atoms with Gasteiger partial charge in [-0.3, -0.25) is 19.7 Å². The smallest absolute Gasteiger partial charge is 0.272 e. The predicted octanol–water partition coefficient (Wildman–Crippen LogP) is 2.70. The molecule has 0 spiro atoms. The predicted molar refractivity (Wildman–Crippen MR) is 104 cm³/mol. The van der Waals surface area contributed by atoms with E-state index in [4.69, 9.17) is 0 Å². The molecule has 0 aliphatic rings. The summed E-state index contributed by atoms with van der Waals surface area (Å²) in [5.41, 5.74) is 1.43. The Balaban J connectivity index is 1.67. The zero-order valence-electron chi connectivity index (χ0n) is 15.5. The van der Waals surface area contributed by atoms with Crippen molar-refractivity contribution in [2.24, 2.45) is 0 Å². The highest BCUT2D eigenvalue weighted by Crippen LogP contribution is 2.18. The summed E-state index contributed by atoms with van der Waals surface area (Å²) in [4.78, 5) is 34.6. The SMILES string of the molecule is Cc1cc(C(=O)NCCn2nc(-c3ccc(F)cc3)ccc2=O)ccc1[N+](=O)[O-]. The lowest BCUT2D eigenvalue weighted by Gasteiger charge is -2.09. The van der Waals surface area contributed by atoms with E-state index in [0.29, 0.717) is 16.8 Å². The van der Waals surface area contributed by atoms with E-state index in [2.05, 4.69) is 10.4 Å². The highest BCUT2D eigenvalue weighted by Gasteiger charge is 2.13. The number of carbonyl (C=O) groups is 1. The van der Waals surface area contributed by atoms with E-state index in [-0.39, 0.29) is 35.7 Å². The van der Waals surface area contributed by atoms with Crippen molar-refractivity contribution in [1.82, 2.24) is 15.1 Å². The molecule has 2 aromatic carbocycles. The van der Waals surface area contributed by atoms with Gasteiger partial charge in [0.25, 0.3) is 17.2 Å². The highest BCUT2D eigenvalue weighted by atomic mass is 19.1. The zero-order valence-corrected chi connectivity index (χ0v) is 15.5. The standard InChI is InChI=1S/C20H17FN4O4/c1-13-12-15(4-8-18(13)25(28)29)20(27)22-10-11-24-19(26)9-7-17(23-24)14-2-5-16(21)6-3-14/h2-9,12H,10-11H2,1H3,(H,22,27). The number of hydrogen-bond acceptors (Lipinski definition) is 5. The van der Waals surface area contributed by atoms with Crippen LogP contribution in [0.1, 0.15) is 15.9 Å². The fraction of sp³-hybridized carbons (Fsp3) is 0.150. The topological polar surface area (TPSA) is 107 Å². The van der Waals surface area contributed by atoms with Crippen LogP contribution in [0, 0.1) is 22.9 Å². The van der Waals surface area contributed by atoms with Gasteiger partial charge < -0.3 is 5.32 Å². The van der Waals surface area contributed by atoms with Gasteiger partial charge in [-0.2, -0.15) is 5.10 Å². The summed E-state index contributed by atoms with van der Waals surface area (Å²) in [6.07, 6.45) is 0. The average molecular weight is 396 g/mol. The average Bonchev–Trinajstić information content (AvgIpc) is 2.69. The number of nitro benzene ring substituents is 1. The van der Waals surface area contributed by atoms with Crippen molar-refractivity contribution >= 4 is 11.6 Å². The molecule has 3 rings (SSSR count). The lowest BCUT2D eigenvalue weighted by atomic mass is 10.1. The zero-order chi connectivity index (χ0) is 21.0. The molecule has 3 aromatic rings. The molecule has 0 radical (unpaired) electrons. The Hall–Kier alpha value is -3.88. The van der Waals surface area contributed by atoms with Crippen LogP contribution in [0.3, 0.4) is 0 Å². The Labute approximate surface area is 164 Å². The van der Waals surface area contributed by atoms with Gasteiger partial charge in [-0.1, -0.05) is 0 Å². The van der Waals surface area contributed by atoms with Gasteiger partial charge in [0.15, 0.2) is 0 Å². The second-order valence-electron chi connectivity index (χ2n) is 6.30. The third kappa shape index (κ3) is 4.70. The van der Waals surface area contributed by atoms with E-state index in [0.717, 1.165) is 0 Å². The summed E-state index contributed by atoms with van der Waals surface area (Å²) in [5, 5.41) is 17.8. The number of nitrogens with zero attached hydrogens (tertiary/aromatic N) is 3. The Kier molecular flexibility index (Phi) is 5.77. The molecule has 1 N–H and O–H groups in total. The molecule has 1 aromatic heterocycles. The van der Waals surface area contributed by atoms with Crippen LogP contribution in [0.15, 0.2) is 59.4 Å². The van der Waals surface area contributed by atoms with E-state index in [1.54, 1.807) is 25.1 Å². The van der Waals surface area contributed by atoms with E-state index in [9.17, 15) is 24.1 Å². The molecule has 148 valence electrons. The Morgan fingerprint density at radius 3 is 2.55 bits per heavy atom. The summed E-state index contributed by atoms with van der Waals surface area (Å²) in [6, 6.07) is 12.7. The lowest BCUT2D eigenvalue weighted by Crippen LogP contribution is -2.32. The van der Waals surface area contributed by atoms with Crippen molar-refractivity contribution in [3.8, 4) is 11.3 Å². The number of aryl methyl sites for hydroxylation is 1. The molecule has 9 heteroatoms. The number of amides is 1. The fourth-order valence-corrected chi connectivity index (χ4v) is 2.76. The van der Waals surface area contributed by atoms with E-state index < -0.39 is 10.8 Å². The van der Waals surface area contributed by atoms with Crippen molar-refractivity contribution in [2.45, 2.75) is 13.5 Å². The molecule has 0 aliphatic heterocycles. The minimum atomic E-state index is -0.511. The quantitative estimate of drug-likeness (QED) is 0.509. The van der Waals surface area contributed by atoms with Gasteiger partial charge in [0.05, 0.1) is 17.2 Å². The van der Waals surface area contributed by atoms with Gasteiger partial charge in [-0.05, 0) is 49.4 Å².